The lowest BCUT2D eigenvalue weighted by Gasteiger charge is -2.33. The molecule has 0 amide bonds. The van der Waals surface area contributed by atoms with E-state index in [1.807, 2.05) is 23.5 Å². The lowest BCUT2D eigenvalue weighted by molar-refractivity contribution is 0.217. The van der Waals surface area contributed by atoms with Gasteiger partial charge in [0.15, 0.2) is 0 Å². The second kappa shape index (κ2) is 5.18. The van der Waals surface area contributed by atoms with Crippen molar-refractivity contribution in [2.75, 3.05) is 23.9 Å². The maximum atomic E-state index is 5.96. The Balaban J connectivity index is 2.00. The minimum Gasteiger partial charge on any atom is -0.290 e. The van der Waals surface area contributed by atoms with Gasteiger partial charge < -0.3 is 0 Å². The average Bonchev–Trinajstić information content (AvgIpc) is 2.65. The van der Waals surface area contributed by atoms with Crippen molar-refractivity contribution in [2.24, 2.45) is 7.05 Å². The number of rotatable bonds is 3. The fraction of sp³-hybridized carbons (Fsp3) is 0.778. The quantitative estimate of drug-likeness (QED) is 0.745. The van der Waals surface area contributed by atoms with Crippen LogP contribution in [0.3, 0.4) is 0 Å². The second-order valence-electron chi connectivity index (χ2n) is 3.65. The smallest absolute Gasteiger partial charge is 0.140 e. The Morgan fingerprint density at radius 1 is 1.67 bits per heavy atom. The van der Waals surface area contributed by atoms with Gasteiger partial charge in [-0.3, -0.25) is 9.58 Å². The lowest BCUT2D eigenvalue weighted by atomic mass is 10.3. The molecule has 2 heterocycles. The summed E-state index contributed by atoms with van der Waals surface area (Å²) in [5.41, 5.74) is 0. The van der Waals surface area contributed by atoms with Crippen molar-refractivity contribution in [3.05, 3.63) is 12.2 Å². The number of nitrogens with zero attached hydrogens (tertiary/aromatic N) is 4. The average molecular weight is 247 g/mol. The molecule has 0 aromatic carbocycles. The van der Waals surface area contributed by atoms with E-state index in [1.54, 1.807) is 6.33 Å². The molecule has 0 radical (unpaired) electrons. The molecule has 0 aliphatic carbocycles. The minimum absolute atomic E-state index is 0.474. The molecule has 1 aromatic heterocycles. The standard InChI is InChI=1S/C9H15ClN4S/c1-13-9(11-7-12-13)5-14-2-3-15-6-8(14)4-10/h7-8H,2-6H2,1H3. The van der Waals surface area contributed by atoms with Crippen LogP contribution in [0.1, 0.15) is 5.82 Å². The van der Waals surface area contributed by atoms with Crippen molar-refractivity contribution < 1.29 is 0 Å². The number of alkyl halides is 1. The first-order valence-corrected chi connectivity index (χ1v) is 6.71. The van der Waals surface area contributed by atoms with Gasteiger partial charge in [0.1, 0.15) is 12.2 Å². The van der Waals surface area contributed by atoms with Crippen molar-refractivity contribution >= 4 is 23.4 Å². The van der Waals surface area contributed by atoms with Gasteiger partial charge in [0.05, 0.1) is 6.54 Å². The molecule has 0 spiro atoms. The van der Waals surface area contributed by atoms with Crippen molar-refractivity contribution in [1.82, 2.24) is 19.7 Å². The van der Waals surface area contributed by atoms with Gasteiger partial charge in [0.25, 0.3) is 0 Å². The first-order valence-electron chi connectivity index (χ1n) is 5.02. The Bertz CT molecular complexity index is 317. The zero-order chi connectivity index (χ0) is 10.7. The van der Waals surface area contributed by atoms with Crippen LogP contribution in [0.15, 0.2) is 6.33 Å². The molecule has 0 N–H and O–H groups in total. The summed E-state index contributed by atoms with van der Waals surface area (Å²) in [7, 11) is 1.93. The van der Waals surface area contributed by atoms with E-state index in [-0.39, 0.29) is 0 Å². The molecule has 1 saturated heterocycles. The summed E-state index contributed by atoms with van der Waals surface area (Å²) in [5, 5.41) is 4.07. The summed E-state index contributed by atoms with van der Waals surface area (Å²) in [4.78, 5) is 6.64. The molecule has 2 rings (SSSR count). The van der Waals surface area contributed by atoms with E-state index in [9.17, 15) is 0 Å². The Morgan fingerprint density at radius 3 is 3.20 bits per heavy atom. The van der Waals surface area contributed by atoms with Gasteiger partial charge >= 0.3 is 0 Å². The molecular weight excluding hydrogens is 232 g/mol. The molecule has 1 aromatic rings. The van der Waals surface area contributed by atoms with Gasteiger partial charge in [0, 0.05) is 37.0 Å². The summed E-state index contributed by atoms with van der Waals surface area (Å²) < 4.78 is 1.83. The maximum absolute atomic E-state index is 5.96. The molecule has 1 aliphatic rings. The number of halogens is 1. The van der Waals surface area contributed by atoms with E-state index in [0.717, 1.165) is 24.7 Å². The van der Waals surface area contributed by atoms with Gasteiger partial charge in [-0.15, -0.1) is 11.6 Å². The predicted octanol–water partition coefficient (Wildman–Crippen LogP) is 0.971. The van der Waals surface area contributed by atoms with Crippen LogP contribution in [0, 0.1) is 0 Å². The molecular formula is C9H15ClN4S. The van der Waals surface area contributed by atoms with Crippen molar-refractivity contribution in [1.29, 1.82) is 0 Å². The van der Waals surface area contributed by atoms with Gasteiger partial charge in [-0.2, -0.15) is 16.9 Å². The Hall–Kier alpha value is -0.260. The molecule has 4 nitrogen and oxygen atoms in total. The van der Waals surface area contributed by atoms with Crippen LogP contribution in [0.4, 0.5) is 0 Å². The SMILES string of the molecule is Cn1ncnc1CN1CCSCC1CCl. The Morgan fingerprint density at radius 2 is 2.53 bits per heavy atom. The third-order valence-electron chi connectivity index (χ3n) is 2.68. The second-order valence-corrected chi connectivity index (χ2v) is 5.11. The summed E-state index contributed by atoms with van der Waals surface area (Å²) in [6.07, 6.45) is 1.60. The molecule has 0 saturated carbocycles. The highest BCUT2D eigenvalue weighted by atomic mass is 35.5. The zero-order valence-electron chi connectivity index (χ0n) is 8.77. The first-order chi connectivity index (χ1) is 7.31. The third-order valence-corrected chi connectivity index (χ3v) is 4.13. The highest BCUT2D eigenvalue weighted by molar-refractivity contribution is 7.99. The van der Waals surface area contributed by atoms with E-state index in [0.29, 0.717) is 11.9 Å². The molecule has 1 fully saturated rings. The molecule has 6 heteroatoms. The predicted molar refractivity (Wildman–Crippen MR) is 63.2 cm³/mol. The van der Waals surface area contributed by atoms with Crippen LogP contribution < -0.4 is 0 Å². The summed E-state index contributed by atoms with van der Waals surface area (Å²) >= 11 is 7.94. The number of hydrogen-bond donors (Lipinski definition) is 0. The number of thioether (sulfide) groups is 1. The summed E-state index contributed by atoms with van der Waals surface area (Å²) in [5.74, 6) is 4.02. The van der Waals surface area contributed by atoms with Gasteiger partial charge in [-0.1, -0.05) is 0 Å². The van der Waals surface area contributed by atoms with Crippen LogP contribution in [0.2, 0.25) is 0 Å². The van der Waals surface area contributed by atoms with E-state index in [2.05, 4.69) is 15.0 Å². The molecule has 84 valence electrons. The van der Waals surface area contributed by atoms with E-state index in [4.69, 9.17) is 11.6 Å². The van der Waals surface area contributed by atoms with Crippen LogP contribution >= 0.6 is 23.4 Å². The minimum atomic E-state index is 0.474. The summed E-state index contributed by atoms with van der Waals surface area (Å²) in [6.45, 7) is 1.95. The normalized spacial score (nSPS) is 23.2. The van der Waals surface area contributed by atoms with Gasteiger partial charge in [-0.25, -0.2) is 4.98 Å². The van der Waals surface area contributed by atoms with Gasteiger partial charge in [-0.05, 0) is 0 Å². The van der Waals surface area contributed by atoms with Crippen LogP contribution in [-0.2, 0) is 13.6 Å². The molecule has 1 unspecified atom stereocenters. The molecule has 15 heavy (non-hydrogen) atoms. The largest absolute Gasteiger partial charge is 0.290 e. The fourth-order valence-corrected chi connectivity index (χ4v) is 3.25. The molecule has 1 atom stereocenters. The number of hydrogen-bond acceptors (Lipinski definition) is 4. The number of aryl methyl sites for hydroxylation is 1. The highest BCUT2D eigenvalue weighted by Crippen LogP contribution is 2.18. The van der Waals surface area contributed by atoms with E-state index in [1.165, 1.54) is 5.75 Å². The van der Waals surface area contributed by atoms with E-state index < -0.39 is 0 Å². The van der Waals surface area contributed by atoms with Crippen molar-refractivity contribution in [3.8, 4) is 0 Å². The van der Waals surface area contributed by atoms with Crippen molar-refractivity contribution in [2.45, 2.75) is 12.6 Å². The van der Waals surface area contributed by atoms with Crippen LogP contribution in [-0.4, -0.2) is 49.6 Å². The fourth-order valence-electron chi connectivity index (χ4n) is 1.68. The summed E-state index contributed by atoms with van der Waals surface area (Å²) in [6, 6.07) is 0.474. The molecule has 0 bridgehead atoms. The monoisotopic (exact) mass is 246 g/mol. The topological polar surface area (TPSA) is 34.0 Å². The third kappa shape index (κ3) is 2.65. The lowest BCUT2D eigenvalue weighted by Crippen LogP contribution is -2.43. The molecule has 1 aliphatic heterocycles. The Kier molecular flexibility index (Phi) is 3.88. The van der Waals surface area contributed by atoms with Gasteiger partial charge in [0.2, 0.25) is 0 Å². The maximum Gasteiger partial charge on any atom is 0.140 e. The first kappa shape index (κ1) is 11.2. The Labute approximate surface area is 99.0 Å². The highest BCUT2D eigenvalue weighted by Gasteiger charge is 2.22. The van der Waals surface area contributed by atoms with Crippen molar-refractivity contribution in [3.63, 3.8) is 0 Å². The van der Waals surface area contributed by atoms with Crippen LogP contribution in [0.25, 0.3) is 0 Å². The van der Waals surface area contributed by atoms with E-state index >= 15 is 0 Å². The zero-order valence-corrected chi connectivity index (χ0v) is 10.3. The van der Waals surface area contributed by atoms with Crippen LogP contribution in [0.5, 0.6) is 0 Å². The number of aromatic nitrogens is 3.